The molecule has 1 rings (SSSR count). The van der Waals surface area contributed by atoms with Crippen LogP contribution in [-0.4, -0.2) is 30.2 Å². The number of aliphatic carboxylic acids is 1. The van der Waals surface area contributed by atoms with Crippen LogP contribution in [0.15, 0.2) is 12.2 Å². The van der Waals surface area contributed by atoms with Gasteiger partial charge in [-0.3, -0.25) is 4.79 Å². The number of carbonyl (C=O) groups excluding carboxylic acids is 1. The highest BCUT2D eigenvalue weighted by molar-refractivity contribution is 5.74. The van der Waals surface area contributed by atoms with Crippen LogP contribution in [0.2, 0.25) is 0 Å². The molecule has 1 saturated carbocycles. The summed E-state index contributed by atoms with van der Waals surface area (Å²) in [4.78, 5) is 22.2. The smallest absolute Gasteiger partial charge is 0.315 e. The Morgan fingerprint density at radius 2 is 1.83 bits per heavy atom. The van der Waals surface area contributed by atoms with E-state index in [1.54, 1.807) is 0 Å². The third-order valence-electron chi connectivity index (χ3n) is 3.30. The van der Waals surface area contributed by atoms with Crippen molar-refractivity contribution in [2.24, 2.45) is 11.8 Å². The molecule has 0 aromatic heterocycles. The summed E-state index contributed by atoms with van der Waals surface area (Å²) >= 11 is 0. The van der Waals surface area contributed by atoms with Gasteiger partial charge in [-0.05, 0) is 38.5 Å². The van der Waals surface area contributed by atoms with Gasteiger partial charge in [0.1, 0.15) is 0 Å². The SMILES string of the molecule is C=C(C)CNC(=O)NCC1CCC(C(=O)O)CC1. The van der Waals surface area contributed by atoms with E-state index in [9.17, 15) is 9.59 Å². The Labute approximate surface area is 108 Å². The number of hydrogen-bond donors (Lipinski definition) is 3. The van der Waals surface area contributed by atoms with Crippen LogP contribution in [0.25, 0.3) is 0 Å². The van der Waals surface area contributed by atoms with Crippen molar-refractivity contribution in [1.29, 1.82) is 0 Å². The van der Waals surface area contributed by atoms with Crippen LogP contribution < -0.4 is 10.6 Å². The first-order valence-electron chi connectivity index (χ1n) is 6.38. The Morgan fingerprint density at radius 3 is 2.33 bits per heavy atom. The Bertz CT molecular complexity index is 320. The number of urea groups is 1. The number of carboxylic acids is 1. The van der Waals surface area contributed by atoms with E-state index in [0.29, 0.717) is 19.0 Å². The first kappa shape index (κ1) is 14.5. The molecule has 2 amide bonds. The zero-order chi connectivity index (χ0) is 13.5. The maximum Gasteiger partial charge on any atom is 0.315 e. The highest BCUT2D eigenvalue weighted by Crippen LogP contribution is 2.28. The summed E-state index contributed by atoms with van der Waals surface area (Å²) in [6.45, 7) is 6.66. The standard InChI is InChI=1S/C13H22N2O3/c1-9(2)7-14-13(18)15-8-10-3-5-11(6-4-10)12(16)17/h10-11H,1,3-8H2,2H3,(H,16,17)(H2,14,15,18). The van der Waals surface area contributed by atoms with Crippen LogP contribution in [0.4, 0.5) is 4.79 Å². The predicted molar refractivity (Wildman–Crippen MR) is 69.3 cm³/mol. The summed E-state index contributed by atoms with van der Waals surface area (Å²) in [7, 11) is 0. The maximum absolute atomic E-state index is 11.4. The van der Waals surface area contributed by atoms with E-state index >= 15 is 0 Å². The minimum Gasteiger partial charge on any atom is -0.481 e. The molecule has 102 valence electrons. The maximum atomic E-state index is 11.4. The second kappa shape index (κ2) is 7.03. The average molecular weight is 254 g/mol. The molecule has 0 aromatic carbocycles. The molecule has 3 N–H and O–H groups in total. The van der Waals surface area contributed by atoms with E-state index < -0.39 is 5.97 Å². The summed E-state index contributed by atoms with van der Waals surface area (Å²) in [5.74, 6) is -0.490. The molecule has 0 bridgehead atoms. The van der Waals surface area contributed by atoms with Crippen LogP contribution in [0.1, 0.15) is 32.6 Å². The molecule has 0 spiro atoms. The molecule has 0 aliphatic heterocycles. The predicted octanol–water partition coefficient (Wildman–Crippen LogP) is 1.75. The van der Waals surface area contributed by atoms with Crippen molar-refractivity contribution in [2.45, 2.75) is 32.6 Å². The summed E-state index contributed by atoms with van der Waals surface area (Å²) in [6.07, 6.45) is 3.18. The molecule has 1 fully saturated rings. The van der Waals surface area contributed by atoms with Gasteiger partial charge in [0.2, 0.25) is 0 Å². The number of amides is 2. The number of carboxylic acid groups (broad SMARTS) is 1. The lowest BCUT2D eigenvalue weighted by molar-refractivity contribution is -0.143. The zero-order valence-corrected chi connectivity index (χ0v) is 10.9. The number of hydrogen-bond acceptors (Lipinski definition) is 2. The number of carbonyl (C=O) groups is 2. The largest absolute Gasteiger partial charge is 0.481 e. The third-order valence-corrected chi connectivity index (χ3v) is 3.30. The monoisotopic (exact) mass is 254 g/mol. The third kappa shape index (κ3) is 5.21. The molecular formula is C13H22N2O3. The lowest BCUT2D eigenvalue weighted by Gasteiger charge is -2.26. The van der Waals surface area contributed by atoms with Gasteiger partial charge in [-0.25, -0.2) is 4.79 Å². The van der Waals surface area contributed by atoms with Gasteiger partial charge in [-0.15, -0.1) is 0 Å². The van der Waals surface area contributed by atoms with Crippen molar-refractivity contribution in [1.82, 2.24) is 10.6 Å². The molecule has 0 aromatic rings. The molecule has 5 nitrogen and oxygen atoms in total. The second-order valence-corrected chi connectivity index (χ2v) is 5.08. The number of rotatable bonds is 5. The van der Waals surface area contributed by atoms with Crippen molar-refractivity contribution in [2.75, 3.05) is 13.1 Å². The zero-order valence-electron chi connectivity index (χ0n) is 10.9. The molecule has 5 heteroatoms. The summed E-state index contributed by atoms with van der Waals surface area (Å²) in [5.41, 5.74) is 0.909. The fourth-order valence-corrected chi connectivity index (χ4v) is 2.14. The van der Waals surface area contributed by atoms with Gasteiger partial charge in [0.15, 0.2) is 0 Å². The molecule has 1 aliphatic rings. The fraction of sp³-hybridized carbons (Fsp3) is 0.692. The van der Waals surface area contributed by atoms with Crippen molar-refractivity contribution in [3.8, 4) is 0 Å². The lowest BCUT2D eigenvalue weighted by Crippen LogP contribution is -2.39. The van der Waals surface area contributed by atoms with Crippen LogP contribution in [0.3, 0.4) is 0 Å². The normalized spacial score (nSPS) is 23.2. The van der Waals surface area contributed by atoms with Gasteiger partial charge in [-0.2, -0.15) is 0 Å². The Hall–Kier alpha value is -1.52. The van der Waals surface area contributed by atoms with Crippen LogP contribution in [-0.2, 0) is 4.79 Å². The highest BCUT2D eigenvalue weighted by Gasteiger charge is 2.25. The molecule has 0 heterocycles. The quantitative estimate of drug-likeness (QED) is 0.654. The first-order chi connectivity index (χ1) is 8.49. The average Bonchev–Trinajstić information content (AvgIpc) is 2.34. The summed E-state index contributed by atoms with van der Waals surface area (Å²) < 4.78 is 0. The Kier molecular flexibility index (Phi) is 5.68. The van der Waals surface area contributed by atoms with Crippen molar-refractivity contribution >= 4 is 12.0 Å². The van der Waals surface area contributed by atoms with Crippen molar-refractivity contribution in [3.63, 3.8) is 0 Å². The van der Waals surface area contributed by atoms with Gasteiger partial charge < -0.3 is 15.7 Å². The Morgan fingerprint density at radius 1 is 1.22 bits per heavy atom. The molecule has 0 saturated heterocycles. The van der Waals surface area contributed by atoms with Gasteiger partial charge in [0.25, 0.3) is 0 Å². The van der Waals surface area contributed by atoms with E-state index in [0.717, 1.165) is 31.3 Å². The molecule has 18 heavy (non-hydrogen) atoms. The first-order valence-corrected chi connectivity index (χ1v) is 6.38. The van der Waals surface area contributed by atoms with E-state index in [1.165, 1.54) is 0 Å². The molecule has 0 atom stereocenters. The highest BCUT2D eigenvalue weighted by atomic mass is 16.4. The van der Waals surface area contributed by atoms with Gasteiger partial charge >= 0.3 is 12.0 Å². The topological polar surface area (TPSA) is 78.4 Å². The van der Waals surface area contributed by atoms with Gasteiger partial charge in [0, 0.05) is 13.1 Å². The molecule has 1 aliphatic carbocycles. The minimum absolute atomic E-state index is 0.182. The van der Waals surface area contributed by atoms with E-state index in [1.807, 2.05) is 6.92 Å². The molecular weight excluding hydrogens is 232 g/mol. The van der Waals surface area contributed by atoms with Gasteiger partial charge in [0.05, 0.1) is 5.92 Å². The molecule has 0 unspecified atom stereocenters. The van der Waals surface area contributed by atoms with E-state index in [4.69, 9.17) is 5.11 Å². The van der Waals surface area contributed by atoms with Crippen LogP contribution in [0.5, 0.6) is 0 Å². The Balaban J connectivity index is 2.15. The van der Waals surface area contributed by atoms with E-state index in [-0.39, 0.29) is 11.9 Å². The summed E-state index contributed by atoms with van der Waals surface area (Å²) in [5, 5.41) is 14.4. The number of nitrogens with one attached hydrogen (secondary N) is 2. The second-order valence-electron chi connectivity index (χ2n) is 5.08. The van der Waals surface area contributed by atoms with Crippen molar-refractivity contribution in [3.05, 3.63) is 12.2 Å². The van der Waals surface area contributed by atoms with E-state index in [2.05, 4.69) is 17.2 Å². The fourth-order valence-electron chi connectivity index (χ4n) is 2.14. The summed E-state index contributed by atoms with van der Waals surface area (Å²) in [6, 6.07) is -0.182. The van der Waals surface area contributed by atoms with Crippen LogP contribution >= 0.6 is 0 Å². The van der Waals surface area contributed by atoms with Crippen molar-refractivity contribution < 1.29 is 14.7 Å². The molecule has 0 radical (unpaired) electrons. The lowest BCUT2D eigenvalue weighted by atomic mass is 9.82. The van der Waals surface area contributed by atoms with Crippen LogP contribution in [0, 0.1) is 11.8 Å². The van der Waals surface area contributed by atoms with Gasteiger partial charge in [-0.1, -0.05) is 12.2 Å². The minimum atomic E-state index is -0.694.